The molecule has 2 rings (SSSR count). The van der Waals surface area contributed by atoms with Gasteiger partial charge in [-0.1, -0.05) is 0 Å². The zero-order chi connectivity index (χ0) is 9.97. The maximum absolute atomic E-state index is 8.86. The highest BCUT2D eigenvalue weighted by molar-refractivity contribution is 5.46. The molecule has 72 valence electrons. The maximum Gasteiger partial charge on any atom is 0.123 e. The third kappa shape index (κ3) is 1.45. The molecule has 3 heteroatoms. The van der Waals surface area contributed by atoms with Gasteiger partial charge in [-0.25, -0.2) is 0 Å². The topological polar surface area (TPSA) is 53.2 Å². The maximum atomic E-state index is 8.86. The monoisotopic (exact) mass is 189 g/mol. The molecule has 0 saturated heterocycles. The molecule has 1 heterocycles. The minimum absolute atomic E-state index is 0.157. The van der Waals surface area contributed by atoms with Crippen LogP contribution in [0.15, 0.2) is 18.2 Å². The van der Waals surface area contributed by atoms with E-state index in [2.05, 4.69) is 6.07 Å². The van der Waals surface area contributed by atoms with E-state index in [0.29, 0.717) is 18.6 Å². The van der Waals surface area contributed by atoms with E-state index in [4.69, 9.17) is 15.1 Å². The number of hydrogen-bond acceptors (Lipinski definition) is 3. The van der Waals surface area contributed by atoms with Gasteiger partial charge in [0.15, 0.2) is 0 Å². The highest BCUT2D eigenvalue weighted by Crippen LogP contribution is 2.36. The van der Waals surface area contributed by atoms with Crippen molar-refractivity contribution in [2.24, 2.45) is 0 Å². The van der Waals surface area contributed by atoms with Crippen molar-refractivity contribution in [3.8, 4) is 11.8 Å². The summed E-state index contributed by atoms with van der Waals surface area (Å²) in [7, 11) is 0. The Morgan fingerprint density at radius 2 is 2.43 bits per heavy atom. The fourth-order valence-corrected chi connectivity index (χ4v) is 1.74. The lowest BCUT2D eigenvalue weighted by Gasteiger charge is -2.05. The van der Waals surface area contributed by atoms with Gasteiger partial charge in [-0.3, -0.25) is 0 Å². The molecule has 14 heavy (non-hydrogen) atoms. The average molecular weight is 189 g/mol. The molecule has 1 unspecified atom stereocenters. The van der Waals surface area contributed by atoms with E-state index >= 15 is 0 Å². The number of ether oxygens (including phenoxy) is 1. The Morgan fingerprint density at radius 3 is 3.14 bits per heavy atom. The molecule has 0 radical (unpaired) electrons. The summed E-state index contributed by atoms with van der Waals surface area (Å²) in [6, 6.07) is 7.53. The average Bonchev–Trinajstić information content (AvgIpc) is 2.61. The van der Waals surface area contributed by atoms with E-state index < -0.39 is 0 Å². The van der Waals surface area contributed by atoms with E-state index in [1.54, 1.807) is 6.07 Å². The lowest BCUT2D eigenvalue weighted by molar-refractivity contribution is 0.254. The van der Waals surface area contributed by atoms with Gasteiger partial charge in [0.2, 0.25) is 0 Å². The number of nitriles is 1. The number of fused-ring (bicyclic) bond motifs is 1. The third-order valence-corrected chi connectivity index (χ3v) is 2.50. The van der Waals surface area contributed by atoms with Gasteiger partial charge in [-0.15, -0.1) is 0 Å². The van der Waals surface area contributed by atoms with Crippen LogP contribution in [-0.2, 0) is 0 Å². The Hall–Kier alpha value is -1.53. The first-order valence-corrected chi connectivity index (χ1v) is 4.63. The van der Waals surface area contributed by atoms with Gasteiger partial charge < -0.3 is 9.84 Å². The predicted molar refractivity (Wildman–Crippen MR) is 51.1 cm³/mol. The number of aliphatic hydroxyl groups is 1. The first-order chi connectivity index (χ1) is 6.85. The standard InChI is InChI=1S/C11H11NO2/c12-6-8-1-2-11-10(5-8)9(3-4-13)7-14-11/h1-2,5,9,13H,3-4,7H2. The molecule has 1 aromatic carbocycles. The molecule has 3 nitrogen and oxygen atoms in total. The Morgan fingerprint density at radius 1 is 1.57 bits per heavy atom. The summed E-state index contributed by atoms with van der Waals surface area (Å²) in [6.45, 7) is 0.773. The minimum Gasteiger partial charge on any atom is -0.493 e. The van der Waals surface area contributed by atoms with Gasteiger partial charge >= 0.3 is 0 Å². The van der Waals surface area contributed by atoms with Crippen molar-refractivity contribution in [2.45, 2.75) is 12.3 Å². The minimum atomic E-state index is 0.157. The Bertz CT molecular complexity index is 379. The quantitative estimate of drug-likeness (QED) is 0.765. The van der Waals surface area contributed by atoms with Gasteiger partial charge in [-0.05, 0) is 24.6 Å². The number of nitrogens with zero attached hydrogens (tertiary/aromatic N) is 1. The molecule has 0 aromatic heterocycles. The predicted octanol–water partition coefficient (Wildman–Crippen LogP) is 1.42. The van der Waals surface area contributed by atoms with Crippen LogP contribution in [0, 0.1) is 11.3 Å². The zero-order valence-electron chi connectivity index (χ0n) is 7.73. The molecule has 0 fully saturated rings. The smallest absolute Gasteiger partial charge is 0.123 e. The summed E-state index contributed by atoms with van der Waals surface area (Å²) in [4.78, 5) is 0. The lowest BCUT2D eigenvalue weighted by atomic mass is 9.97. The molecular formula is C11H11NO2. The van der Waals surface area contributed by atoms with Crippen LogP contribution in [0.3, 0.4) is 0 Å². The highest BCUT2D eigenvalue weighted by Gasteiger charge is 2.23. The van der Waals surface area contributed by atoms with Crippen molar-refractivity contribution in [2.75, 3.05) is 13.2 Å². The van der Waals surface area contributed by atoms with E-state index in [9.17, 15) is 0 Å². The van der Waals surface area contributed by atoms with Crippen molar-refractivity contribution in [1.82, 2.24) is 0 Å². The molecule has 0 amide bonds. The molecule has 1 N–H and O–H groups in total. The van der Waals surface area contributed by atoms with Gasteiger partial charge in [0.1, 0.15) is 5.75 Å². The Kier molecular flexibility index (Phi) is 2.38. The SMILES string of the molecule is N#Cc1ccc2c(c1)C(CCO)CO2. The zero-order valence-corrected chi connectivity index (χ0v) is 7.73. The second-order valence-corrected chi connectivity index (χ2v) is 3.38. The summed E-state index contributed by atoms with van der Waals surface area (Å²) < 4.78 is 5.44. The third-order valence-electron chi connectivity index (χ3n) is 2.50. The summed E-state index contributed by atoms with van der Waals surface area (Å²) >= 11 is 0. The molecule has 0 spiro atoms. The van der Waals surface area contributed by atoms with E-state index in [1.807, 2.05) is 12.1 Å². The second-order valence-electron chi connectivity index (χ2n) is 3.38. The van der Waals surface area contributed by atoms with E-state index in [1.165, 1.54) is 0 Å². The van der Waals surface area contributed by atoms with Gasteiger partial charge in [-0.2, -0.15) is 5.26 Å². The van der Waals surface area contributed by atoms with Crippen LogP contribution in [0.5, 0.6) is 5.75 Å². The fourth-order valence-electron chi connectivity index (χ4n) is 1.74. The number of aliphatic hydroxyl groups excluding tert-OH is 1. The van der Waals surface area contributed by atoms with E-state index in [0.717, 1.165) is 11.3 Å². The largest absolute Gasteiger partial charge is 0.493 e. The lowest BCUT2D eigenvalue weighted by Crippen LogP contribution is -2.02. The van der Waals surface area contributed by atoms with Gasteiger partial charge in [0.25, 0.3) is 0 Å². The van der Waals surface area contributed by atoms with Crippen LogP contribution >= 0.6 is 0 Å². The number of hydrogen-bond donors (Lipinski definition) is 1. The van der Waals surface area contributed by atoms with Crippen molar-refractivity contribution >= 4 is 0 Å². The summed E-state index contributed by atoms with van der Waals surface area (Å²) in [6.07, 6.45) is 0.696. The van der Waals surface area contributed by atoms with Crippen molar-refractivity contribution in [3.05, 3.63) is 29.3 Å². The molecule has 1 atom stereocenters. The van der Waals surface area contributed by atoms with Crippen molar-refractivity contribution < 1.29 is 9.84 Å². The molecule has 1 aliphatic heterocycles. The highest BCUT2D eigenvalue weighted by atomic mass is 16.5. The molecule has 0 bridgehead atoms. The fraction of sp³-hybridized carbons (Fsp3) is 0.364. The summed E-state index contributed by atoms with van der Waals surface area (Å²) in [5, 5.41) is 17.6. The Balaban J connectivity index is 2.33. The molecule has 0 saturated carbocycles. The second kappa shape index (κ2) is 3.69. The van der Waals surface area contributed by atoms with Gasteiger partial charge in [0.05, 0.1) is 18.2 Å². The first-order valence-electron chi connectivity index (χ1n) is 4.63. The van der Waals surface area contributed by atoms with Crippen LogP contribution in [0.1, 0.15) is 23.5 Å². The van der Waals surface area contributed by atoms with E-state index in [-0.39, 0.29) is 12.5 Å². The number of rotatable bonds is 2. The first kappa shape index (κ1) is 9.04. The van der Waals surface area contributed by atoms with Crippen LogP contribution in [0.4, 0.5) is 0 Å². The Labute approximate surface area is 82.6 Å². The van der Waals surface area contributed by atoms with Crippen LogP contribution in [-0.4, -0.2) is 18.3 Å². The van der Waals surface area contributed by atoms with Gasteiger partial charge in [0, 0.05) is 18.1 Å². The van der Waals surface area contributed by atoms with Crippen LogP contribution < -0.4 is 4.74 Å². The van der Waals surface area contributed by atoms with Crippen molar-refractivity contribution in [3.63, 3.8) is 0 Å². The molecular weight excluding hydrogens is 178 g/mol. The van der Waals surface area contributed by atoms with Crippen LogP contribution in [0.25, 0.3) is 0 Å². The molecule has 0 aliphatic carbocycles. The summed E-state index contributed by atoms with van der Waals surface area (Å²) in [5.41, 5.74) is 1.70. The number of benzene rings is 1. The summed E-state index contributed by atoms with van der Waals surface area (Å²) in [5.74, 6) is 1.09. The van der Waals surface area contributed by atoms with Crippen LogP contribution in [0.2, 0.25) is 0 Å². The van der Waals surface area contributed by atoms with Crippen molar-refractivity contribution in [1.29, 1.82) is 5.26 Å². The molecule has 1 aromatic rings. The molecule has 1 aliphatic rings. The normalized spacial score (nSPS) is 18.4.